The largest absolute Gasteiger partial charge is 0.480 e. The highest BCUT2D eigenvalue weighted by molar-refractivity contribution is 5.82. The standard InChI is InChI=1S/C20H28N2O/c1-8-17(13(4)12(2)3)14(5)15(6)18-19(16-9-10-16)21-11-22-20(18)23-7/h11,16H,6,8-10H2,1-5,7H3/b17-14-. The number of hydrogen-bond donors (Lipinski definition) is 0. The Kier molecular flexibility index (Phi) is 5.40. The predicted octanol–water partition coefficient (Wildman–Crippen LogP) is 5.46. The summed E-state index contributed by atoms with van der Waals surface area (Å²) in [5, 5.41) is 0. The molecule has 0 aromatic carbocycles. The van der Waals surface area contributed by atoms with Crippen molar-refractivity contribution in [1.82, 2.24) is 9.97 Å². The molecule has 0 bridgehead atoms. The maximum atomic E-state index is 5.51. The summed E-state index contributed by atoms with van der Waals surface area (Å²) in [6, 6.07) is 0. The van der Waals surface area contributed by atoms with Crippen LogP contribution in [0.15, 0.2) is 35.2 Å². The molecule has 1 fully saturated rings. The van der Waals surface area contributed by atoms with E-state index in [4.69, 9.17) is 4.74 Å². The molecule has 124 valence electrons. The minimum absolute atomic E-state index is 0.529. The first kappa shape index (κ1) is 17.5. The topological polar surface area (TPSA) is 35.0 Å². The summed E-state index contributed by atoms with van der Waals surface area (Å²) in [6.07, 6.45) is 4.97. The van der Waals surface area contributed by atoms with Crippen molar-refractivity contribution in [2.24, 2.45) is 0 Å². The van der Waals surface area contributed by atoms with E-state index in [0.29, 0.717) is 11.8 Å². The van der Waals surface area contributed by atoms with Gasteiger partial charge in [0.05, 0.1) is 18.4 Å². The summed E-state index contributed by atoms with van der Waals surface area (Å²) in [7, 11) is 1.66. The quantitative estimate of drug-likeness (QED) is 0.654. The summed E-state index contributed by atoms with van der Waals surface area (Å²) in [5.74, 6) is 1.16. The molecule has 1 aromatic heterocycles. The van der Waals surface area contributed by atoms with Gasteiger partial charge in [0.1, 0.15) is 6.33 Å². The Hall–Kier alpha value is -1.90. The molecule has 0 unspecified atom stereocenters. The Labute approximate surface area is 140 Å². The van der Waals surface area contributed by atoms with Gasteiger partial charge in [0.25, 0.3) is 0 Å². The van der Waals surface area contributed by atoms with E-state index < -0.39 is 0 Å². The third-order valence-electron chi connectivity index (χ3n) is 4.76. The lowest BCUT2D eigenvalue weighted by molar-refractivity contribution is 0.394. The fourth-order valence-electron chi connectivity index (χ4n) is 2.97. The highest BCUT2D eigenvalue weighted by Crippen LogP contribution is 2.45. The molecule has 2 rings (SSSR count). The summed E-state index contributed by atoms with van der Waals surface area (Å²) in [5.41, 5.74) is 8.31. The van der Waals surface area contributed by atoms with Gasteiger partial charge in [-0.1, -0.05) is 19.1 Å². The highest BCUT2D eigenvalue weighted by Gasteiger charge is 2.31. The van der Waals surface area contributed by atoms with Crippen LogP contribution < -0.4 is 4.74 Å². The van der Waals surface area contributed by atoms with Crippen LogP contribution in [0.2, 0.25) is 0 Å². The Morgan fingerprint density at radius 2 is 1.83 bits per heavy atom. The maximum absolute atomic E-state index is 5.51. The number of methoxy groups -OCH3 is 1. The number of rotatable bonds is 6. The predicted molar refractivity (Wildman–Crippen MR) is 96.6 cm³/mol. The van der Waals surface area contributed by atoms with Crippen molar-refractivity contribution in [1.29, 1.82) is 0 Å². The third kappa shape index (κ3) is 3.54. The summed E-state index contributed by atoms with van der Waals surface area (Å²) in [6.45, 7) is 15.2. The van der Waals surface area contributed by atoms with E-state index in [2.05, 4.69) is 51.2 Å². The molecule has 0 aliphatic heterocycles. The first-order valence-electron chi connectivity index (χ1n) is 8.35. The first-order chi connectivity index (χ1) is 10.9. The van der Waals surface area contributed by atoms with Gasteiger partial charge in [0, 0.05) is 5.92 Å². The molecule has 3 nitrogen and oxygen atoms in total. The smallest absolute Gasteiger partial charge is 0.224 e. The van der Waals surface area contributed by atoms with Crippen LogP contribution in [0, 0.1) is 0 Å². The van der Waals surface area contributed by atoms with Crippen molar-refractivity contribution in [3.63, 3.8) is 0 Å². The zero-order chi connectivity index (χ0) is 17.1. The van der Waals surface area contributed by atoms with E-state index in [1.54, 1.807) is 13.4 Å². The van der Waals surface area contributed by atoms with E-state index in [9.17, 15) is 0 Å². The highest BCUT2D eigenvalue weighted by atomic mass is 16.5. The van der Waals surface area contributed by atoms with Crippen LogP contribution in [0.1, 0.15) is 71.1 Å². The van der Waals surface area contributed by atoms with Crippen LogP contribution in [0.25, 0.3) is 5.57 Å². The molecule has 23 heavy (non-hydrogen) atoms. The summed E-state index contributed by atoms with van der Waals surface area (Å²) in [4.78, 5) is 8.84. The van der Waals surface area contributed by atoms with Crippen molar-refractivity contribution >= 4 is 5.57 Å². The van der Waals surface area contributed by atoms with Crippen LogP contribution in [-0.4, -0.2) is 17.1 Å². The van der Waals surface area contributed by atoms with Crippen molar-refractivity contribution in [2.45, 2.75) is 59.8 Å². The number of ether oxygens (including phenoxy) is 1. The molecule has 0 atom stereocenters. The molecule has 1 heterocycles. The normalized spacial score (nSPS) is 15.0. The van der Waals surface area contributed by atoms with Crippen LogP contribution >= 0.6 is 0 Å². The van der Waals surface area contributed by atoms with E-state index in [-0.39, 0.29) is 0 Å². The van der Waals surface area contributed by atoms with Gasteiger partial charge in [-0.2, -0.15) is 0 Å². The van der Waals surface area contributed by atoms with Gasteiger partial charge in [0.2, 0.25) is 5.88 Å². The Balaban J connectivity index is 2.58. The van der Waals surface area contributed by atoms with Gasteiger partial charge in [-0.05, 0) is 69.2 Å². The van der Waals surface area contributed by atoms with E-state index >= 15 is 0 Å². The van der Waals surface area contributed by atoms with Gasteiger partial charge < -0.3 is 4.74 Å². The summed E-state index contributed by atoms with van der Waals surface area (Å²) < 4.78 is 5.51. The SMILES string of the molecule is C=C(/C(C)=C(/CC)C(C)=C(C)C)c1c(OC)ncnc1C1CC1. The van der Waals surface area contributed by atoms with Crippen LogP contribution in [0.4, 0.5) is 0 Å². The number of nitrogens with zero attached hydrogens (tertiary/aromatic N) is 2. The molecule has 0 spiro atoms. The Morgan fingerprint density at radius 1 is 1.17 bits per heavy atom. The molecule has 1 aromatic rings. The zero-order valence-electron chi connectivity index (χ0n) is 15.3. The molecule has 0 saturated heterocycles. The van der Waals surface area contributed by atoms with E-state index in [0.717, 1.165) is 23.3 Å². The van der Waals surface area contributed by atoms with Crippen molar-refractivity contribution in [3.8, 4) is 5.88 Å². The van der Waals surface area contributed by atoms with Crippen LogP contribution in [0.5, 0.6) is 5.88 Å². The Bertz CT molecular complexity index is 675. The molecule has 0 N–H and O–H groups in total. The monoisotopic (exact) mass is 312 g/mol. The minimum Gasteiger partial charge on any atom is -0.480 e. The average Bonchev–Trinajstić information content (AvgIpc) is 3.38. The minimum atomic E-state index is 0.529. The second-order valence-corrected chi connectivity index (χ2v) is 6.48. The van der Waals surface area contributed by atoms with Crippen molar-refractivity contribution in [3.05, 3.63) is 46.5 Å². The average molecular weight is 312 g/mol. The Morgan fingerprint density at radius 3 is 2.30 bits per heavy atom. The van der Waals surface area contributed by atoms with Crippen molar-refractivity contribution < 1.29 is 4.74 Å². The second-order valence-electron chi connectivity index (χ2n) is 6.48. The molecular weight excluding hydrogens is 284 g/mol. The van der Waals surface area contributed by atoms with Crippen LogP contribution in [0.3, 0.4) is 0 Å². The number of hydrogen-bond acceptors (Lipinski definition) is 3. The van der Waals surface area contributed by atoms with E-state index in [1.807, 2.05) is 0 Å². The molecule has 1 saturated carbocycles. The third-order valence-corrected chi connectivity index (χ3v) is 4.76. The molecule has 1 aliphatic rings. The van der Waals surface area contributed by atoms with Gasteiger partial charge in [-0.15, -0.1) is 0 Å². The van der Waals surface area contributed by atoms with Gasteiger partial charge in [-0.25, -0.2) is 9.97 Å². The molecule has 1 aliphatic carbocycles. The zero-order valence-corrected chi connectivity index (χ0v) is 15.3. The molecular formula is C20H28N2O. The number of allylic oxidation sites excluding steroid dienone is 5. The molecule has 3 heteroatoms. The van der Waals surface area contributed by atoms with Gasteiger partial charge >= 0.3 is 0 Å². The second kappa shape index (κ2) is 7.12. The maximum Gasteiger partial charge on any atom is 0.224 e. The van der Waals surface area contributed by atoms with E-state index in [1.165, 1.54) is 35.1 Å². The fourth-order valence-corrected chi connectivity index (χ4v) is 2.97. The lowest BCUT2D eigenvalue weighted by Crippen LogP contribution is -2.04. The van der Waals surface area contributed by atoms with Gasteiger partial charge in [0.15, 0.2) is 0 Å². The molecule has 0 amide bonds. The first-order valence-corrected chi connectivity index (χ1v) is 8.35. The van der Waals surface area contributed by atoms with Crippen molar-refractivity contribution in [2.75, 3.05) is 7.11 Å². The fraction of sp³-hybridized carbons (Fsp3) is 0.500. The molecule has 0 radical (unpaired) electrons. The summed E-state index contributed by atoms with van der Waals surface area (Å²) >= 11 is 0. The number of aromatic nitrogens is 2. The lowest BCUT2D eigenvalue weighted by atomic mass is 9.89. The van der Waals surface area contributed by atoms with Gasteiger partial charge in [-0.3, -0.25) is 0 Å². The van der Waals surface area contributed by atoms with Crippen LogP contribution in [-0.2, 0) is 0 Å². The lowest BCUT2D eigenvalue weighted by Gasteiger charge is -2.18.